The first-order valence-corrected chi connectivity index (χ1v) is 6.62. The highest BCUT2D eigenvalue weighted by Crippen LogP contribution is 2.27. The second-order valence-electron chi connectivity index (χ2n) is 4.11. The highest BCUT2D eigenvalue weighted by molar-refractivity contribution is 7.12. The normalized spacial score (nSPS) is 12.7. The zero-order valence-corrected chi connectivity index (χ0v) is 10.8. The Morgan fingerprint density at radius 1 is 1.22 bits per heavy atom. The lowest BCUT2D eigenvalue weighted by Gasteiger charge is -2.09. The van der Waals surface area contributed by atoms with Gasteiger partial charge in [0.2, 0.25) is 0 Å². The Kier molecular flexibility index (Phi) is 4.09. The van der Waals surface area contributed by atoms with E-state index in [9.17, 15) is 13.9 Å². The van der Waals surface area contributed by atoms with Crippen molar-refractivity contribution in [2.45, 2.75) is 25.9 Å². The van der Waals surface area contributed by atoms with Gasteiger partial charge in [0.1, 0.15) is 11.6 Å². The Balaban J connectivity index is 2.15. The van der Waals surface area contributed by atoms with Crippen LogP contribution in [0, 0.1) is 11.6 Å². The van der Waals surface area contributed by atoms with Gasteiger partial charge in [-0.25, -0.2) is 8.78 Å². The van der Waals surface area contributed by atoms with E-state index >= 15 is 0 Å². The number of aliphatic hydroxyl groups is 1. The first-order chi connectivity index (χ1) is 8.60. The minimum atomic E-state index is -0.786. The van der Waals surface area contributed by atoms with Gasteiger partial charge in [0.25, 0.3) is 0 Å². The maximum absolute atomic E-state index is 13.4. The van der Waals surface area contributed by atoms with Crippen molar-refractivity contribution in [3.05, 3.63) is 57.3 Å². The van der Waals surface area contributed by atoms with Crippen LogP contribution >= 0.6 is 11.3 Å². The summed E-state index contributed by atoms with van der Waals surface area (Å²) in [5, 5.41) is 10.0. The van der Waals surface area contributed by atoms with E-state index in [1.807, 2.05) is 19.1 Å². The molecule has 18 heavy (non-hydrogen) atoms. The van der Waals surface area contributed by atoms with Crippen LogP contribution in [-0.4, -0.2) is 5.11 Å². The molecule has 0 aliphatic rings. The predicted octanol–water partition coefficient (Wildman–Crippen LogP) is 3.86. The summed E-state index contributed by atoms with van der Waals surface area (Å²) >= 11 is 1.50. The molecule has 4 heteroatoms. The molecule has 1 N–H and O–H groups in total. The van der Waals surface area contributed by atoms with E-state index in [-0.39, 0.29) is 12.0 Å². The van der Waals surface area contributed by atoms with Crippen molar-refractivity contribution in [1.29, 1.82) is 0 Å². The fraction of sp³-hybridized carbons (Fsp3) is 0.286. The summed E-state index contributed by atoms with van der Waals surface area (Å²) in [6.07, 6.45) is 0.213. The van der Waals surface area contributed by atoms with Crippen molar-refractivity contribution < 1.29 is 13.9 Å². The van der Waals surface area contributed by atoms with Crippen LogP contribution in [0.15, 0.2) is 30.3 Å². The van der Waals surface area contributed by atoms with Gasteiger partial charge < -0.3 is 5.11 Å². The molecule has 0 fully saturated rings. The zero-order valence-electron chi connectivity index (χ0n) is 9.99. The maximum Gasteiger partial charge on any atom is 0.126 e. The van der Waals surface area contributed by atoms with Crippen LogP contribution in [0.2, 0.25) is 0 Å². The molecule has 1 heterocycles. The summed E-state index contributed by atoms with van der Waals surface area (Å²) in [6.45, 7) is 2.04. The van der Waals surface area contributed by atoms with Crippen LogP contribution in [-0.2, 0) is 12.8 Å². The number of hydrogen-bond acceptors (Lipinski definition) is 2. The molecular weight excluding hydrogens is 254 g/mol. The number of aryl methyl sites for hydroxylation is 1. The van der Waals surface area contributed by atoms with Gasteiger partial charge in [-0.2, -0.15) is 0 Å². The molecule has 2 aromatic rings. The lowest BCUT2D eigenvalue weighted by Crippen LogP contribution is -2.02. The summed E-state index contributed by atoms with van der Waals surface area (Å²) in [6, 6.07) is 7.08. The molecule has 0 saturated carbocycles. The molecule has 1 atom stereocenters. The van der Waals surface area contributed by atoms with Crippen LogP contribution in [0.4, 0.5) is 8.78 Å². The fourth-order valence-electron chi connectivity index (χ4n) is 1.77. The first kappa shape index (κ1) is 13.2. The van der Waals surface area contributed by atoms with Crippen molar-refractivity contribution >= 4 is 11.3 Å². The van der Waals surface area contributed by atoms with E-state index in [2.05, 4.69) is 0 Å². The number of halogens is 2. The third kappa shape index (κ3) is 2.94. The standard InChI is InChI=1S/C14H14F2OS/c1-2-11-4-6-14(18-11)13(17)8-9-7-10(15)3-5-12(9)16/h3-7,13,17H,2,8H2,1H3. The van der Waals surface area contributed by atoms with E-state index in [1.165, 1.54) is 16.2 Å². The van der Waals surface area contributed by atoms with Crippen LogP contribution in [0.1, 0.15) is 28.3 Å². The molecule has 2 rings (SSSR count). The Morgan fingerprint density at radius 3 is 2.67 bits per heavy atom. The lowest BCUT2D eigenvalue weighted by molar-refractivity contribution is 0.181. The first-order valence-electron chi connectivity index (χ1n) is 5.80. The second-order valence-corrected chi connectivity index (χ2v) is 5.31. The topological polar surface area (TPSA) is 20.2 Å². The second kappa shape index (κ2) is 5.59. The molecule has 0 saturated heterocycles. The number of thiophene rings is 1. The van der Waals surface area contributed by atoms with E-state index in [0.29, 0.717) is 0 Å². The van der Waals surface area contributed by atoms with Crippen LogP contribution < -0.4 is 0 Å². The summed E-state index contributed by atoms with van der Waals surface area (Å²) < 4.78 is 26.5. The molecule has 96 valence electrons. The predicted molar refractivity (Wildman–Crippen MR) is 68.7 cm³/mol. The Hall–Kier alpha value is -1.26. The van der Waals surface area contributed by atoms with Crippen LogP contribution in [0.5, 0.6) is 0 Å². The monoisotopic (exact) mass is 268 g/mol. The number of aliphatic hydroxyl groups excluding tert-OH is 1. The molecule has 0 spiro atoms. The molecule has 0 radical (unpaired) electrons. The minimum absolute atomic E-state index is 0.0905. The maximum atomic E-state index is 13.4. The molecule has 1 nitrogen and oxygen atoms in total. The Bertz CT molecular complexity index is 536. The SMILES string of the molecule is CCc1ccc(C(O)Cc2cc(F)ccc2F)s1. The van der Waals surface area contributed by atoms with Gasteiger partial charge in [-0.1, -0.05) is 6.92 Å². The van der Waals surface area contributed by atoms with E-state index in [0.717, 1.165) is 29.5 Å². The number of rotatable bonds is 4. The highest BCUT2D eigenvalue weighted by Gasteiger charge is 2.14. The van der Waals surface area contributed by atoms with Gasteiger partial charge >= 0.3 is 0 Å². The van der Waals surface area contributed by atoms with Gasteiger partial charge in [-0.05, 0) is 42.3 Å². The largest absolute Gasteiger partial charge is 0.387 e. The summed E-state index contributed by atoms with van der Waals surface area (Å²) in [4.78, 5) is 1.96. The Morgan fingerprint density at radius 2 is 2.00 bits per heavy atom. The van der Waals surface area contributed by atoms with Gasteiger partial charge in [0, 0.05) is 16.2 Å². The van der Waals surface area contributed by atoms with Gasteiger partial charge in [0.15, 0.2) is 0 Å². The van der Waals surface area contributed by atoms with E-state index in [4.69, 9.17) is 0 Å². The van der Waals surface area contributed by atoms with Crippen LogP contribution in [0.25, 0.3) is 0 Å². The van der Waals surface area contributed by atoms with Crippen molar-refractivity contribution in [3.8, 4) is 0 Å². The Labute approximate surface area is 109 Å². The van der Waals surface area contributed by atoms with Crippen molar-refractivity contribution in [2.75, 3.05) is 0 Å². The molecular formula is C14H14F2OS. The molecule has 0 aliphatic heterocycles. The lowest BCUT2D eigenvalue weighted by atomic mass is 10.1. The van der Waals surface area contributed by atoms with Crippen molar-refractivity contribution in [1.82, 2.24) is 0 Å². The third-order valence-electron chi connectivity index (χ3n) is 2.78. The third-order valence-corrected chi connectivity index (χ3v) is 4.11. The molecule has 0 bridgehead atoms. The average Bonchev–Trinajstić information content (AvgIpc) is 2.82. The molecule has 0 amide bonds. The summed E-state index contributed by atoms with van der Waals surface area (Å²) in [5.74, 6) is -0.971. The van der Waals surface area contributed by atoms with Gasteiger partial charge in [-0.15, -0.1) is 11.3 Å². The van der Waals surface area contributed by atoms with Crippen molar-refractivity contribution in [3.63, 3.8) is 0 Å². The average molecular weight is 268 g/mol. The fourth-order valence-corrected chi connectivity index (χ4v) is 2.71. The van der Waals surface area contributed by atoms with E-state index < -0.39 is 17.7 Å². The molecule has 1 aromatic heterocycles. The summed E-state index contributed by atoms with van der Waals surface area (Å²) in [7, 11) is 0. The number of hydrogen-bond donors (Lipinski definition) is 1. The molecule has 1 aromatic carbocycles. The summed E-state index contributed by atoms with van der Waals surface area (Å²) in [5.41, 5.74) is 0.203. The highest BCUT2D eigenvalue weighted by atomic mass is 32.1. The smallest absolute Gasteiger partial charge is 0.126 e. The number of benzene rings is 1. The molecule has 1 unspecified atom stereocenters. The minimum Gasteiger partial charge on any atom is -0.387 e. The van der Waals surface area contributed by atoms with Crippen LogP contribution in [0.3, 0.4) is 0 Å². The van der Waals surface area contributed by atoms with Gasteiger partial charge in [-0.3, -0.25) is 0 Å². The quantitative estimate of drug-likeness (QED) is 0.892. The van der Waals surface area contributed by atoms with Crippen molar-refractivity contribution in [2.24, 2.45) is 0 Å². The molecule has 0 aliphatic carbocycles. The zero-order chi connectivity index (χ0) is 13.1. The van der Waals surface area contributed by atoms with Gasteiger partial charge in [0.05, 0.1) is 6.10 Å². The van der Waals surface area contributed by atoms with E-state index in [1.54, 1.807) is 0 Å².